The fraction of sp³-hybridized carbons (Fsp3) is 0.350. The van der Waals surface area contributed by atoms with Crippen LogP contribution in [0.4, 0.5) is 5.69 Å². The molecule has 0 radical (unpaired) electrons. The minimum atomic E-state index is 0.614. The lowest BCUT2D eigenvalue weighted by Crippen LogP contribution is -2.30. The Labute approximate surface area is 179 Å². The maximum atomic E-state index is 5.45. The summed E-state index contributed by atoms with van der Waals surface area (Å²) in [6, 6.07) is 8.54. The number of halogens is 1. The summed E-state index contributed by atoms with van der Waals surface area (Å²) in [5, 5.41) is 16.1. The summed E-state index contributed by atoms with van der Waals surface area (Å²) in [6.07, 6.45) is 4.69. The largest absolute Gasteiger partial charge is 0.362 e. The Morgan fingerprint density at radius 2 is 1.93 bits per heavy atom. The summed E-state index contributed by atoms with van der Waals surface area (Å²) in [5.74, 6) is 0. The van der Waals surface area contributed by atoms with E-state index >= 15 is 0 Å². The van der Waals surface area contributed by atoms with Crippen LogP contribution in [0.25, 0.3) is 0 Å². The molecule has 8 heteroatoms. The molecule has 2 heterocycles. The van der Waals surface area contributed by atoms with Gasteiger partial charge in [-0.3, -0.25) is 9.36 Å². The number of benzene rings is 1. The number of nitrogens with zero attached hydrogens (tertiary/aromatic N) is 4. The summed E-state index contributed by atoms with van der Waals surface area (Å²) in [5.41, 5.74) is 5.48. The molecule has 0 unspecified atom stereocenters. The van der Waals surface area contributed by atoms with Crippen molar-refractivity contribution in [3.63, 3.8) is 0 Å². The van der Waals surface area contributed by atoms with E-state index in [1.165, 1.54) is 11.1 Å². The summed E-state index contributed by atoms with van der Waals surface area (Å²) >= 11 is 8.86. The minimum absolute atomic E-state index is 0.614. The third-order valence-electron chi connectivity index (χ3n) is 4.52. The van der Waals surface area contributed by atoms with Crippen LogP contribution in [0.1, 0.15) is 28.9 Å². The van der Waals surface area contributed by atoms with Gasteiger partial charge in [0.05, 0.1) is 34.3 Å². The Kier molecular flexibility index (Phi) is 6.85. The van der Waals surface area contributed by atoms with Crippen LogP contribution in [-0.4, -0.2) is 31.2 Å². The fourth-order valence-electron chi connectivity index (χ4n) is 2.96. The first-order valence-corrected chi connectivity index (χ1v) is 10.4. The SMILES string of the molecule is Cc1ccc(Cn2nc(C)c(NC(=S)NCCCn3cc(Br)cn3)c2C)cc1. The Bertz CT molecular complexity index is 944. The maximum absolute atomic E-state index is 5.45. The summed E-state index contributed by atoms with van der Waals surface area (Å²) in [7, 11) is 0. The molecule has 0 bridgehead atoms. The second-order valence-electron chi connectivity index (χ2n) is 6.85. The molecule has 0 saturated carbocycles. The van der Waals surface area contributed by atoms with Gasteiger partial charge in [-0.1, -0.05) is 29.8 Å². The van der Waals surface area contributed by atoms with Crippen molar-refractivity contribution in [3.05, 3.63) is 63.6 Å². The molecule has 0 amide bonds. The predicted octanol–water partition coefficient (Wildman–Crippen LogP) is 4.19. The van der Waals surface area contributed by atoms with Gasteiger partial charge >= 0.3 is 0 Å². The van der Waals surface area contributed by atoms with Gasteiger partial charge in [-0.2, -0.15) is 10.2 Å². The van der Waals surface area contributed by atoms with Crippen molar-refractivity contribution in [2.45, 2.75) is 40.3 Å². The number of aryl methyl sites for hydroxylation is 3. The quantitative estimate of drug-likeness (QED) is 0.408. The van der Waals surface area contributed by atoms with Crippen molar-refractivity contribution >= 4 is 38.9 Å². The fourth-order valence-corrected chi connectivity index (χ4v) is 3.49. The van der Waals surface area contributed by atoms with Crippen LogP contribution in [0.3, 0.4) is 0 Å². The molecule has 2 aromatic heterocycles. The van der Waals surface area contributed by atoms with E-state index in [1.54, 1.807) is 6.20 Å². The molecule has 0 aliphatic carbocycles. The zero-order valence-corrected chi connectivity index (χ0v) is 18.8. The van der Waals surface area contributed by atoms with E-state index in [9.17, 15) is 0 Å². The first-order valence-electron chi connectivity index (χ1n) is 9.24. The van der Waals surface area contributed by atoms with Crippen molar-refractivity contribution in [2.75, 3.05) is 11.9 Å². The number of thiocarbonyl (C=S) groups is 1. The highest BCUT2D eigenvalue weighted by Crippen LogP contribution is 2.20. The van der Waals surface area contributed by atoms with E-state index in [0.29, 0.717) is 5.11 Å². The molecule has 3 rings (SSSR count). The van der Waals surface area contributed by atoms with E-state index in [2.05, 4.69) is 74.9 Å². The number of hydrogen-bond donors (Lipinski definition) is 2. The third kappa shape index (κ3) is 5.42. The molecule has 0 fully saturated rings. The molecule has 6 nitrogen and oxygen atoms in total. The highest BCUT2D eigenvalue weighted by molar-refractivity contribution is 9.10. The van der Waals surface area contributed by atoms with Gasteiger partial charge in [0.1, 0.15) is 0 Å². The molecule has 0 saturated heterocycles. The smallest absolute Gasteiger partial charge is 0.170 e. The molecule has 3 aromatic rings. The average molecular weight is 461 g/mol. The predicted molar refractivity (Wildman–Crippen MR) is 121 cm³/mol. The van der Waals surface area contributed by atoms with Crippen LogP contribution in [0.5, 0.6) is 0 Å². The molecule has 0 aliphatic rings. The Balaban J connectivity index is 1.52. The normalized spacial score (nSPS) is 10.9. The van der Waals surface area contributed by atoms with Gasteiger partial charge in [0.25, 0.3) is 0 Å². The van der Waals surface area contributed by atoms with Gasteiger partial charge in [-0.05, 0) is 60.9 Å². The summed E-state index contributed by atoms with van der Waals surface area (Å²) < 4.78 is 4.91. The molecule has 28 heavy (non-hydrogen) atoms. The van der Waals surface area contributed by atoms with Crippen molar-refractivity contribution in [1.82, 2.24) is 24.9 Å². The monoisotopic (exact) mass is 460 g/mol. The zero-order valence-electron chi connectivity index (χ0n) is 16.4. The van der Waals surface area contributed by atoms with Gasteiger partial charge in [-0.25, -0.2) is 0 Å². The van der Waals surface area contributed by atoms with E-state index < -0.39 is 0 Å². The topological polar surface area (TPSA) is 59.7 Å². The lowest BCUT2D eigenvalue weighted by atomic mass is 10.1. The molecule has 0 aliphatic heterocycles. The average Bonchev–Trinajstić information content (AvgIpc) is 3.19. The second-order valence-corrected chi connectivity index (χ2v) is 8.17. The van der Waals surface area contributed by atoms with Crippen molar-refractivity contribution in [3.8, 4) is 0 Å². The lowest BCUT2D eigenvalue weighted by molar-refractivity contribution is 0.573. The van der Waals surface area contributed by atoms with E-state index in [0.717, 1.165) is 47.6 Å². The molecule has 2 N–H and O–H groups in total. The standard InChI is InChI=1S/C20H25BrN6S/c1-14-5-7-17(8-6-14)12-27-16(3)19(15(2)25-27)24-20(28)22-9-4-10-26-13-18(21)11-23-26/h5-8,11,13H,4,9-10,12H2,1-3H3,(H2,22,24,28). The number of rotatable bonds is 7. The molecule has 0 spiro atoms. The Hall–Kier alpha value is -2.19. The van der Waals surface area contributed by atoms with Gasteiger partial charge in [0.15, 0.2) is 5.11 Å². The number of hydrogen-bond acceptors (Lipinski definition) is 3. The van der Waals surface area contributed by atoms with Crippen molar-refractivity contribution < 1.29 is 0 Å². The minimum Gasteiger partial charge on any atom is -0.362 e. The van der Waals surface area contributed by atoms with E-state index in [4.69, 9.17) is 12.2 Å². The number of nitrogens with one attached hydrogen (secondary N) is 2. The molecular formula is C20H25BrN6S. The first-order chi connectivity index (χ1) is 13.4. The molecular weight excluding hydrogens is 436 g/mol. The summed E-state index contributed by atoms with van der Waals surface area (Å²) in [6.45, 7) is 8.52. The van der Waals surface area contributed by atoms with Crippen LogP contribution in [0.2, 0.25) is 0 Å². The highest BCUT2D eigenvalue weighted by atomic mass is 79.9. The molecule has 1 aromatic carbocycles. The molecule has 0 atom stereocenters. The van der Waals surface area contributed by atoms with Gasteiger partial charge in [0, 0.05) is 19.3 Å². The third-order valence-corrected chi connectivity index (χ3v) is 5.18. The van der Waals surface area contributed by atoms with Gasteiger partial charge < -0.3 is 10.6 Å². The van der Waals surface area contributed by atoms with Crippen molar-refractivity contribution in [1.29, 1.82) is 0 Å². The Morgan fingerprint density at radius 1 is 1.18 bits per heavy atom. The first kappa shape index (κ1) is 20.5. The number of aromatic nitrogens is 4. The summed E-state index contributed by atoms with van der Waals surface area (Å²) in [4.78, 5) is 0. The van der Waals surface area contributed by atoms with Crippen LogP contribution in [-0.2, 0) is 13.1 Å². The highest BCUT2D eigenvalue weighted by Gasteiger charge is 2.13. The van der Waals surface area contributed by atoms with Crippen LogP contribution in [0, 0.1) is 20.8 Å². The van der Waals surface area contributed by atoms with Crippen LogP contribution < -0.4 is 10.6 Å². The lowest BCUT2D eigenvalue weighted by Gasteiger charge is -2.11. The van der Waals surface area contributed by atoms with Crippen LogP contribution in [0.15, 0.2) is 41.1 Å². The van der Waals surface area contributed by atoms with E-state index in [1.807, 2.05) is 22.5 Å². The maximum Gasteiger partial charge on any atom is 0.170 e. The Morgan fingerprint density at radius 3 is 2.61 bits per heavy atom. The zero-order chi connectivity index (χ0) is 20.1. The van der Waals surface area contributed by atoms with Gasteiger partial charge in [-0.15, -0.1) is 0 Å². The van der Waals surface area contributed by atoms with Gasteiger partial charge in [0.2, 0.25) is 0 Å². The second kappa shape index (κ2) is 9.34. The van der Waals surface area contributed by atoms with E-state index in [-0.39, 0.29) is 0 Å². The number of anilines is 1. The molecule has 148 valence electrons. The van der Waals surface area contributed by atoms with Crippen LogP contribution >= 0.6 is 28.1 Å². The van der Waals surface area contributed by atoms with Crippen molar-refractivity contribution in [2.24, 2.45) is 0 Å².